The second-order valence-electron chi connectivity index (χ2n) is 13.4. The first-order chi connectivity index (χ1) is 17.9. The smallest absolute Gasteiger partial charge is 0.444 e. The van der Waals surface area contributed by atoms with Gasteiger partial charge in [0.15, 0.2) is 0 Å². The SMILES string of the molecule is CC(C)(C)OC(=O)N1CCC(NC(=O)c2noc(C(C)(C)C)n2)c2ccc(B3OC(C)(C)C(C)(C)O3)cc2C1. The van der Waals surface area contributed by atoms with Crippen molar-refractivity contribution >= 4 is 24.6 Å². The number of nitrogens with zero attached hydrogens (tertiary/aromatic N) is 3. The third-order valence-electron chi connectivity index (χ3n) is 7.34. The Morgan fingerprint density at radius 1 is 1.08 bits per heavy atom. The van der Waals surface area contributed by atoms with Gasteiger partial charge in [-0.25, -0.2) is 4.79 Å². The number of ether oxygens (including phenoxy) is 1. The number of amides is 2. The molecule has 0 spiro atoms. The van der Waals surface area contributed by atoms with E-state index in [4.69, 9.17) is 18.6 Å². The molecule has 1 N–H and O–H groups in total. The largest absolute Gasteiger partial charge is 0.494 e. The van der Waals surface area contributed by atoms with E-state index in [9.17, 15) is 9.59 Å². The molecule has 2 aliphatic rings. The van der Waals surface area contributed by atoms with E-state index in [1.54, 1.807) is 4.90 Å². The molecule has 1 aromatic heterocycles. The van der Waals surface area contributed by atoms with E-state index in [-0.39, 0.29) is 17.3 Å². The molecule has 1 unspecified atom stereocenters. The van der Waals surface area contributed by atoms with Crippen LogP contribution in [0.2, 0.25) is 0 Å². The van der Waals surface area contributed by atoms with Crippen LogP contribution in [-0.2, 0) is 26.0 Å². The molecule has 39 heavy (non-hydrogen) atoms. The van der Waals surface area contributed by atoms with E-state index in [1.165, 1.54) is 0 Å². The second-order valence-corrected chi connectivity index (χ2v) is 13.4. The van der Waals surface area contributed by atoms with Gasteiger partial charge in [0.25, 0.3) is 11.7 Å². The monoisotopic (exact) mass is 540 g/mol. The van der Waals surface area contributed by atoms with Crippen molar-refractivity contribution in [2.24, 2.45) is 0 Å². The Labute approximate surface area is 231 Å². The Morgan fingerprint density at radius 3 is 2.28 bits per heavy atom. The van der Waals surface area contributed by atoms with Gasteiger partial charge < -0.3 is 28.8 Å². The van der Waals surface area contributed by atoms with E-state index >= 15 is 0 Å². The molecular formula is C28H41BN4O6. The van der Waals surface area contributed by atoms with E-state index < -0.39 is 35.9 Å². The highest BCUT2D eigenvalue weighted by Crippen LogP contribution is 2.37. The molecule has 2 amide bonds. The van der Waals surface area contributed by atoms with Crippen LogP contribution in [0.3, 0.4) is 0 Å². The molecule has 1 fully saturated rings. The lowest BCUT2D eigenvalue weighted by Crippen LogP contribution is -2.41. The van der Waals surface area contributed by atoms with Crippen molar-refractivity contribution in [3.05, 3.63) is 41.0 Å². The molecule has 0 saturated carbocycles. The molecule has 3 heterocycles. The lowest BCUT2D eigenvalue weighted by Gasteiger charge is -2.32. The van der Waals surface area contributed by atoms with Gasteiger partial charge in [-0.3, -0.25) is 4.79 Å². The van der Waals surface area contributed by atoms with E-state index in [1.807, 2.05) is 87.4 Å². The summed E-state index contributed by atoms with van der Waals surface area (Å²) in [6, 6.07) is 5.53. The average Bonchev–Trinajstić information content (AvgIpc) is 3.31. The summed E-state index contributed by atoms with van der Waals surface area (Å²) in [5.74, 6) is -0.0772. The number of hydrogen-bond donors (Lipinski definition) is 1. The topological polar surface area (TPSA) is 116 Å². The summed E-state index contributed by atoms with van der Waals surface area (Å²) in [4.78, 5) is 32.2. The minimum atomic E-state index is -0.631. The van der Waals surface area contributed by atoms with E-state index in [0.29, 0.717) is 25.4 Å². The Bertz CT molecular complexity index is 1230. The van der Waals surface area contributed by atoms with Gasteiger partial charge in [-0.15, -0.1) is 0 Å². The molecule has 2 aromatic rings. The first kappa shape index (κ1) is 29.1. The average molecular weight is 540 g/mol. The van der Waals surface area contributed by atoms with Gasteiger partial charge in [0.05, 0.1) is 17.2 Å². The molecule has 0 aliphatic carbocycles. The highest BCUT2D eigenvalue weighted by atomic mass is 16.7. The third kappa shape index (κ3) is 6.30. The fraction of sp³-hybridized carbons (Fsp3) is 0.643. The molecule has 4 rings (SSSR count). The zero-order chi connectivity index (χ0) is 29.0. The summed E-state index contributed by atoms with van der Waals surface area (Å²) >= 11 is 0. The van der Waals surface area contributed by atoms with Gasteiger partial charge in [-0.05, 0) is 71.5 Å². The van der Waals surface area contributed by atoms with Crippen molar-refractivity contribution in [1.82, 2.24) is 20.4 Å². The predicted molar refractivity (Wildman–Crippen MR) is 147 cm³/mol. The van der Waals surface area contributed by atoms with Crippen LogP contribution in [0.15, 0.2) is 22.7 Å². The van der Waals surface area contributed by atoms with Gasteiger partial charge in [0.2, 0.25) is 5.89 Å². The van der Waals surface area contributed by atoms with Crippen LogP contribution in [0.1, 0.15) is 109 Å². The van der Waals surface area contributed by atoms with Crippen LogP contribution in [0.25, 0.3) is 0 Å². The highest BCUT2D eigenvalue weighted by molar-refractivity contribution is 6.62. The lowest BCUT2D eigenvalue weighted by atomic mass is 9.77. The van der Waals surface area contributed by atoms with E-state index in [2.05, 4.69) is 15.5 Å². The molecule has 0 radical (unpaired) electrons. The number of benzene rings is 1. The molecule has 2 aliphatic heterocycles. The fourth-order valence-corrected chi connectivity index (χ4v) is 4.43. The number of aromatic nitrogens is 2. The van der Waals surface area contributed by atoms with Gasteiger partial charge in [-0.2, -0.15) is 4.98 Å². The van der Waals surface area contributed by atoms with Crippen molar-refractivity contribution in [2.75, 3.05) is 6.54 Å². The van der Waals surface area contributed by atoms with Crippen molar-refractivity contribution in [3.8, 4) is 0 Å². The zero-order valence-corrected chi connectivity index (χ0v) is 24.8. The third-order valence-corrected chi connectivity index (χ3v) is 7.34. The molecular weight excluding hydrogens is 499 g/mol. The van der Waals surface area contributed by atoms with Crippen LogP contribution in [0.5, 0.6) is 0 Å². The van der Waals surface area contributed by atoms with Crippen molar-refractivity contribution in [2.45, 2.75) is 110 Å². The Balaban J connectivity index is 1.64. The zero-order valence-electron chi connectivity index (χ0n) is 24.8. The minimum Gasteiger partial charge on any atom is -0.444 e. The number of fused-ring (bicyclic) bond motifs is 1. The molecule has 1 aromatic carbocycles. The molecule has 212 valence electrons. The van der Waals surface area contributed by atoms with Crippen molar-refractivity contribution in [3.63, 3.8) is 0 Å². The molecule has 11 heteroatoms. The number of carbonyl (C=O) groups excluding carboxylic acids is 2. The standard InChI is InChI=1S/C28H41BN4O6/c1-25(2,3)23-31-21(32-37-23)22(34)30-20-13-14-33(24(35)36-26(4,5)6)16-17-15-18(11-12-19(17)20)29-38-27(7,8)28(9,10)39-29/h11-12,15,20H,13-14,16H2,1-10H3,(H,30,34). The number of hydrogen-bond acceptors (Lipinski definition) is 8. The van der Waals surface area contributed by atoms with Gasteiger partial charge in [0.1, 0.15) is 5.60 Å². The van der Waals surface area contributed by atoms with Gasteiger partial charge in [-0.1, -0.05) is 44.1 Å². The Morgan fingerprint density at radius 2 is 1.72 bits per heavy atom. The summed E-state index contributed by atoms with van der Waals surface area (Å²) in [6.07, 6.45) is 0.0760. The summed E-state index contributed by atoms with van der Waals surface area (Å²) in [5, 5.41) is 6.94. The molecule has 0 bridgehead atoms. The molecule has 1 atom stereocenters. The lowest BCUT2D eigenvalue weighted by molar-refractivity contribution is 0.00578. The summed E-state index contributed by atoms with van der Waals surface area (Å²) < 4.78 is 23.5. The maximum atomic E-state index is 13.2. The fourth-order valence-electron chi connectivity index (χ4n) is 4.43. The van der Waals surface area contributed by atoms with Crippen molar-refractivity contribution < 1.29 is 28.2 Å². The maximum absolute atomic E-state index is 13.2. The highest BCUT2D eigenvalue weighted by Gasteiger charge is 2.51. The van der Waals surface area contributed by atoms with Crippen molar-refractivity contribution in [1.29, 1.82) is 0 Å². The number of carbonyl (C=O) groups is 2. The van der Waals surface area contributed by atoms with E-state index in [0.717, 1.165) is 16.6 Å². The van der Waals surface area contributed by atoms with Crippen LogP contribution in [0, 0.1) is 0 Å². The summed E-state index contributed by atoms with van der Waals surface area (Å²) in [5.41, 5.74) is 0.636. The number of nitrogens with one attached hydrogen (secondary N) is 1. The normalized spacial score (nSPS) is 20.8. The van der Waals surface area contributed by atoms with Gasteiger partial charge >= 0.3 is 13.2 Å². The first-order valence-electron chi connectivity index (χ1n) is 13.5. The Kier molecular flexibility index (Phi) is 7.40. The molecule has 1 saturated heterocycles. The second kappa shape index (κ2) is 9.93. The quantitative estimate of drug-likeness (QED) is 0.574. The molecule has 10 nitrogen and oxygen atoms in total. The number of rotatable bonds is 3. The summed E-state index contributed by atoms with van der Waals surface area (Å²) in [7, 11) is -0.554. The van der Waals surface area contributed by atoms with Crippen LogP contribution in [-0.4, -0.2) is 57.5 Å². The van der Waals surface area contributed by atoms with Crippen LogP contribution in [0.4, 0.5) is 4.79 Å². The maximum Gasteiger partial charge on any atom is 0.494 e. The predicted octanol–water partition coefficient (Wildman–Crippen LogP) is 4.28. The van der Waals surface area contributed by atoms with Crippen LogP contribution < -0.4 is 10.8 Å². The first-order valence-corrected chi connectivity index (χ1v) is 13.5. The van der Waals surface area contributed by atoms with Gasteiger partial charge in [0, 0.05) is 18.5 Å². The van der Waals surface area contributed by atoms with Crippen LogP contribution >= 0.6 is 0 Å². The summed E-state index contributed by atoms with van der Waals surface area (Å²) in [6.45, 7) is 20.1. The minimum absolute atomic E-state index is 0.0245. The Hall–Kier alpha value is -2.92.